The second-order valence-corrected chi connectivity index (χ2v) is 5.28. The van der Waals surface area contributed by atoms with Crippen molar-refractivity contribution in [1.82, 2.24) is 4.57 Å². The van der Waals surface area contributed by atoms with Crippen LogP contribution in [0.5, 0.6) is 0 Å². The van der Waals surface area contributed by atoms with Crippen molar-refractivity contribution >= 4 is 30.0 Å². The number of fused-ring (bicyclic) bond motifs is 1. The van der Waals surface area contributed by atoms with Crippen molar-refractivity contribution < 1.29 is 14.1 Å². The topological polar surface area (TPSA) is 35.1 Å². The number of carbonyl (C=O) groups is 1. The molecule has 1 aromatic carbocycles. The Hall–Kier alpha value is -1.78. The van der Waals surface area contributed by atoms with E-state index in [9.17, 15) is 4.79 Å². The second kappa shape index (κ2) is 5.47. The number of carbonyl (C=O) groups excluding carboxylic acids is 1. The number of para-hydroxylation sites is 2. The first-order valence-electron chi connectivity index (χ1n) is 6.91. The molecule has 0 spiro atoms. The van der Waals surface area contributed by atoms with E-state index in [0.29, 0.717) is 0 Å². The summed E-state index contributed by atoms with van der Waals surface area (Å²) in [4.78, 5) is 11.8. The van der Waals surface area contributed by atoms with Gasteiger partial charge in [0.15, 0.2) is 11.0 Å². The standard InChI is InChI=1S/C14H21BN2O2/c1-5-10(13(18)19-4)15-14-16(2)11-8-6-7-9-12(11)17(14)3/h6-10H,5,15H2,1-4H3/t10-/m0/s1. The number of hydrogen-bond donors (Lipinski definition) is 0. The first-order valence-corrected chi connectivity index (χ1v) is 6.91. The number of benzene rings is 1. The number of rotatable bonds is 4. The molecule has 0 amide bonds. The largest absolute Gasteiger partial charge is 0.471 e. The van der Waals surface area contributed by atoms with Gasteiger partial charge in [-0.1, -0.05) is 31.3 Å². The highest BCUT2D eigenvalue weighted by molar-refractivity contribution is 6.56. The van der Waals surface area contributed by atoms with Crippen molar-refractivity contribution in [2.45, 2.75) is 19.2 Å². The Bertz CT molecular complexity index is 568. The maximum absolute atomic E-state index is 11.8. The van der Waals surface area contributed by atoms with E-state index in [4.69, 9.17) is 4.74 Å². The van der Waals surface area contributed by atoms with Crippen molar-refractivity contribution in [2.75, 3.05) is 7.11 Å². The summed E-state index contributed by atoms with van der Waals surface area (Å²) in [5.41, 5.74) is 3.69. The number of hydrogen-bond acceptors (Lipinski definition) is 2. The van der Waals surface area contributed by atoms with Crippen LogP contribution in [0.15, 0.2) is 24.3 Å². The fourth-order valence-electron chi connectivity index (χ4n) is 2.99. The van der Waals surface area contributed by atoms with Gasteiger partial charge in [0.05, 0.1) is 26.9 Å². The fourth-order valence-corrected chi connectivity index (χ4v) is 2.99. The minimum Gasteiger partial charge on any atom is -0.471 e. The molecule has 0 aliphatic heterocycles. The Morgan fingerprint density at radius 2 is 2.16 bits per heavy atom. The molecule has 0 N–H and O–H groups in total. The average Bonchev–Trinajstić information content (AvgIpc) is 2.68. The molecule has 0 aliphatic rings. The third-order valence-electron chi connectivity index (χ3n) is 4.40. The molecule has 0 unspecified atom stereocenters. The van der Waals surface area contributed by atoms with E-state index >= 15 is 0 Å². The second-order valence-electron chi connectivity index (χ2n) is 5.28. The molecule has 0 radical (unpaired) electrons. The van der Waals surface area contributed by atoms with Crippen LogP contribution in [0.25, 0.3) is 11.0 Å². The first kappa shape index (κ1) is 13.7. The van der Waals surface area contributed by atoms with E-state index in [2.05, 4.69) is 35.4 Å². The van der Waals surface area contributed by atoms with E-state index < -0.39 is 7.28 Å². The fraction of sp³-hybridized carbons (Fsp3) is 0.429. The summed E-state index contributed by atoms with van der Waals surface area (Å²) in [6.45, 7) is 2.05. The zero-order valence-electron chi connectivity index (χ0n) is 12.3. The Balaban J connectivity index is 2.42. The summed E-state index contributed by atoms with van der Waals surface area (Å²) in [6.07, 6.45) is 0.841. The molecule has 0 bridgehead atoms. The van der Waals surface area contributed by atoms with E-state index in [1.807, 2.05) is 19.1 Å². The molecule has 0 fully saturated rings. The third kappa shape index (κ3) is 2.37. The smallest absolute Gasteiger partial charge is 0.273 e. The summed E-state index contributed by atoms with van der Waals surface area (Å²) in [5, 5.41) is 0. The predicted molar refractivity (Wildman–Crippen MR) is 78.3 cm³/mol. The van der Waals surface area contributed by atoms with Gasteiger partial charge in [-0.2, -0.15) is 0 Å². The maximum atomic E-state index is 11.8. The SMILES string of the molecule is CC[C@H]([BH2-]c1n(C)c2ccccc2[n+]1C)C(=O)OC. The predicted octanol–water partition coefficient (Wildman–Crippen LogP) is 0.168. The number of methoxy groups -OCH3 is 1. The molecule has 0 aliphatic carbocycles. The van der Waals surface area contributed by atoms with E-state index in [1.54, 1.807) is 0 Å². The summed E-state index contributed by atoms with van der Waals surface area (Å²) in [6, 6.07) is 8.32. The zero-order valence-corrected chi connectivity index (χ0v) is 12.3. The van der Waals surface area contributed by atoms with Crippen LogP contribution in [0.1, 0.15) is 13.3 Å². The van der Waals surface area contributed by atoms with Crippen LogP contribution in [-0.4, -0.2) is 24.9 Å². The van der Waals surface area contributed by atoms with Gasteiger partial charge >= 0.3 is 0 Å². The number of nitrogens with zero attached hydrogens (tertiary/aromatic N) is 2. The van der Waals surface area contributed by atoms with Gasteiger partial charge in [-0.15, -0.1) is 0 Å². The Morgan fingerprint density at radius 1 is 1.47 bits per heavy atom. The summed E-state index contributed by atoms with van der Waals surface area (Å²) < 4.78 is 9.32. The number of aromatic nitrogens is 2. The molecule has 0 saturated carbocycles. The lowest BCUT2D eigenvalue weighted by Crippen LogP contribution is -2.51. The molecule has 0 saturated heterocycles. The van der Waals surface area contributed by atoms with Crippen molar-refractivity contribution in [3.63, 3.8) is 0 Å². The molecule has 2 aromatic rings. The van der Waals surface area contributed by atoms with Crippen LogP contribution in [0.4, 0.5) is 0 Å². The molecule has 19 heavy (non-hydrogen) atoms. The van der Waals surface area contributed by atoms with E-state index in [1.165, 1.54) is 23.9 Å². The Kier molecular flexibility index (Phi) is 3.93. The van der Waals surface area contributed by atoms with Crippen LogP contribution in [0, 0.1) is 0 Å². The van der Waals surface area contributed by atoms with Crippen molar-refractivity contribution in [3.05, 3.63) is 24.3 Å². The van der Waals surface area contributed by atoms with Gasteiger partial charge in [-0.05, 0) is 12.1 Å². The number of aryl methyl sites for hydroxylation is 2. The lowest BCUT2D eigenvalue weighted by molar-refractivity contribution is -0.627. The van der Waals surface area contributed by atoms with Crippen LogP contribution in [0.3, 0.4) is 0 Å². The molecule has 4 nitrogen and oxygen atoms in total. The summed E-state index contributed by atoms with van der Waals surface area (Å²) in [7, 11) is 5.04. The van der Waals surface area contributed by atoms with E-state index in [-0.39, 0.29) is 11.8 Å². The van der Waals surface area contributed by atoms with Gasteiger partial charge in [0.1, 0.15) is 7.28 Å². The lowest BCUT2D eigenvalue weighted by atomic mass is 9.62. The summed E-state index contributed by atoms with van der Waals surface area (Å²) in [5.74, 6) is -0.0352. The molecule has 1 atom stereocenters. The minimum atomic E-state index is -0.579. The van der Waals surface area contributed by atoms with Gasteiger partial charge in [-0.25, -0.2) is 0 Å². The van der Waals surface area contributed by atoms with Crippen LogP contribution >= 0.6 is 0 Å². The van der Waals surface area contributed by atoms with Gasteiger partial charge < -0.3 is 4.74 Å². The van der Waals surface area contributed by atoms with Crippen molar-refractivity contribution in [3.8, 4) is 0 Å². The monoisotopic (exact) mass is 260 g/mol. The number of ether oxygens (including phenoxy) is 1. The van der Waals surface area contributed by atoms with Gasteiger partial charge in [0, 0.05) is 0 Å². The maximum Gasteiger partial charge on any atom is 0.273 e. The number of esters is 1. The molecule has 1 aromatic heterocycles. The Morgan fingerprint density at radius 3 is 2.74 bits per heavy atom. The summed E-state index contributed by atoms with van der Waals surface area (Å²) >= 11 is 0. The van der Waals surface area contributed by atoms with Crippen LogP contribution in [-0.2, 0) is 23.6 Å². The molecular formula is C14H21BN2O2. The van der Waals surface area contributed by atoms with Crippen molar-refractivity contribution in [1.29, 1.82) is 0 Å². The zero-order chi connectivity index (χ0) is 14.0. The molecular weight excluding hydrogens is 239 g/mol. The van der Waals surface area contributed by atoms with Crippen LogP contribution < -0.4 is 10.3 Å². The van der Waals surface area contributed by atoms with Crippen molar-refractivity contribution in [2.24, 2.45) is 14.1 Å². The van der Waals surface area contributed by atoms with Gasteiger partial charge in [0.25, 0.3) is 5.97 Å². The normalized spacial score (nSPS) is 12.6. The highest BCUT2D eigenvalue weighted by Gasteiger charge is 2.21. The quantitative estimate of drug-likeness (QED) is 0.446. The Labute approximate surface area is 114 Å². The van der Waals surface area contributed by atoms with E-state index in [0.717, 1.165) is 6.42 Å². The molecule has 5 heteroatoms. The molecule has 1 heterocycles. The third-order valence-corrected chi connectivity index (χ3v) is 4.40. The van der Waals surface area contributed by atoms with Crippen LogP contribution in [0.2, 0.25) is 5.82 Å². The first-order chi connectivity index (χ1) is 9.10. The molecule has 102 valence electrons. The highest BCUT2D eigenvalue weighted by atomic mass is 16.5. The van der Waals surface area contributed by atoms with Gasteiger partial charge in [0.2, 0.25) is 0 Å². The minimum absolute atomic E-state index is 0.0409. The average molecular weight is 260 g/mol. The highest BCUT2D eigenvalue weighted by Crippen LogP contribution is 2.12. The van der Waals surface area contributed by atoms with Gasteiger partial charge in [-0.3, -0.25) is 13.9 Å². The number of imidazole rings is 1. The molecule has 2 rings (SSSR count). The lowest BCUT2D eigenvalue weighted by Gasteiger charge is -2.15.